The largest absolute Gasteiger partial charge is 0.392 e. The van der Waals surface area contributed by atoms with Gasteiger partial charge in [-0.05, 0) is 57.1 Å². The van der Waals surface area contributed by atoms with E-state index in [-0.39, 0.29) is 22.7 Å². The number of rotatable bonds is 2. The summed E-state index contributed by atoms with van der Waals surface area (Å²) in [6.07, 6.45) is 7.42. The molecular formula is C17H28N2O3. The predicted octanol–water partition coefficient (Wildman–Crippen LogP) is 2.37. The minimum absolute atomic E-state index is 0.139. The maximum Gasteiger partial charge on any atom is 0.160 e. The van der Waals surface area contributed by atoms with Crippen LogP contribution in [0.15, 0.2) is 0 Å². The summed E-state index contributed by atoms with van der Waals surface area (Å²) in [6.45, 7) is 4.44. The van der Waals surface area contributed by atoms with Crippen molar-refractivity contribution in [3.8, 4) is 0 Å². The zero-order valence-electron chi connectivity index (χ0n) is 13.6. The van der Waals surface area contributed by atoms with Crippen molar-refractivity contribution in [2.24, 2.45) is 28.4 Å². The van der Waals surface area contributed by atoms with Crippen LogP contribution in [0.4, 0.5) is 0 Å². The van der Waals surface area contributed by atoms with Crippen molar-refractivity contribution in [3.63, 3.8) is 0 Å². The first-order valence-electron chi connectivity index (χ1n) is 8.73. The molecule has 1 heterocycles. The predicted molar refractivity (Wildman–Crippen MR) is 82.1 cm³/mol. The van der Waals surface area contributed by atoms with Crippen molar-refractivity contribution in [3.05, 3.63) is 0 Å². The summed E-state index contributed by atoms with van der Waals surface area (Å²) in [5.74, 6) is 0.107. The molecule has 4 N–H and O–H groups in total. The molecule has 0 aromatic rings. The average molecular weight is 308 g/mol. The molecule has 0 aromatic carbocycles. The van der Waals surface area contributed by atoms with Crippen molar-refractivity contribution in [1.82, 2.24) is 0 Å². The molecule has 5 nitrogen and oxygen atoms in total. The Bertz CT molecular complexity index is 514. The van der Waals surface area contributed by atoms with Gasteiger partial charge >= 0.3 is 0 Å². The molecule has 4 fully saturated rings. The van der Waals surface area contributed by atoms with E-state index >= 15 is 0 Å². The first kappa shape index (κ1) is 15.1. The second kappa shape index (κ2) is 4.32. The van der Waals surface area contributed by atoms with Crippen LogP contribution in [0, 0.1) is 28.1 Å². The standard InChI is InChI=1S/C17H28N2O3/c1-3-15-9-11(10-18)5-8-14(15,2)16-6-4-7-17(19,22-21-16)12(16)13(15)20/h10-13,18,20H,3-9,19H2,1-2H3/t11?,12?,13-,14+,15+,16-,17+/m0/s1. The Morgan fingerprint density at radius 2 is 2.09 bits per heavy atom. The number of hydrogen-bond acceptors (Lipinski definition) is 5. The van der Waals surface area contributed by atoms with Crippen molar-refractivity contribution < 1.29 is 14.9 Å². The quantitative estimate of drug-likeness (QED) is 0.540. The maximum atomic E-state index is 11.4. The van der Waals surface area contributed by atoms with Gasteiger partial charge in [-0.1, -0.05) is 13.8 Å². The molecule has 124 valence electrons. The van der Waals surface area contributed by atoms with E-state index in [1.54, 1.807) is 6.21 Å². The highest BCUT2D eigenvalue weighted by atomic mass is 17.2. The van der Waals surface area contributed by atoms with Crippen LogP contribution in [0.25, 0.3) is 0 Å². The highest BCUT2D eigenvalue weighted by Crippen LogP contribution is 2.75. The van der Waals surface area contributed by atoms with Gasteiger partial charge in [-0.3, -0.25) is 0 Å². The lowest BCUT2D eigenvalue weighted by Gasteiger charge is -2.55. The Hall–Kier alpha value is -0.490. The summed E-state index contributed by atoms with van der Waals surface area (Å²) in [7, 11) is 0. The van der Waals surface area contributed by atoms with Gasteiger partial charge in [-0.2, -0.15) is 0 Å². The van der Waals surface area contributed by atoms with Gasteiger partial charge in [0.25, 0.3) is 0 Å². The third-order valence-corrected chi connectivity index (χ3v) is 7.91. The summed E-state index contributed by atoms with van der Waals surface area (Å²) in [5.41, 5.74) is 4.85. The molecule has 2 unspecified atom stereocenters. The van der Waals surface area contributed by atoms with Gasteiger partial charge in [0.05, 0.1) is 12.0 Å². The molecule has 4 rings (SSSR count). The second-order valence-electron chi connectivity index (χ2n) is 8.30. The minimum Gasteiger partial charge on any atom is -0.392 e. The topological polar surface area (TPSA) is 88.6 Å². The van der Waals surface area contributed by atoms with E-state index in [0.29, 0.717) is 0 Å². The Kier molecular flexibility index (Phi) is 2.96. The zero-order valence-corrected chi connectivity index (χ0v) is 13.6. The third kappa shape index (κ3) is 1.34. The van der Waals surface area contributed by atoms with E-state index in [2.05, 4.69) is 13.8 Å². The summed E-state index contributed by atoms with van der Waals surface area (Å²) >= 11 is 0. The van der Waals surface area contributed by atoms with Crippen molar-refractivity contribution in [2.45, 2.75) is 76.2 Å². The lowest BCUT2D eigenvalue weighted by Crippen LogP contribution is -2.58. The lowest BCUT2D eigenvalue weighted by atomic mass is 9.50. The maximum absolute atomic E-state index is 11.4. The molecule has 0 spiro atoms. The summed E-state index contributed by atoms with van der Waals surface area (Å²) in [4.78, 5) is 11.6. The Balaban J connectivity index is 1.88. The van der Waals surface area contributed by atoms with Crippen molar-refractivity contribution >= 4 is 6.21 Å². The van der Waals surface area contributed by atoms with Crippen LogP contribution >= 0.6 is 0 Å². The Labute approximate surface area is 132 Å². The number of hydrogen-bond donors (Lipinski definition) is 3. The SMILES string of the molecule is CC[C@]12CC(C=N)CC[C@@]1(C)[C@@]13CCC[C@@](N)(OO1)C3[C@@H]2O. The van der Waals surface area contributed by atoms with Crippen LogP contribution in [0.1, 0.15) is 58.8 Å². The number of nitrogens with one attached hydrogen (secondary N) is 1. The van der Waals surface area contributed by atoms with E-state index in [1.807, 2.05) is 0 Å². The van der Waals surface area contributed by atoms with E-state index in [1.165, 1.54) is 0 Å². The van der Waals surface area contributed by atoms with Gasteiger partial charge in [0.1, 0.15) is 5.60 Å². The fraction of sp³-hybridized carbons (Fsp3) is 0.941. The number of aliphatic hydroxyl groups is 1. The van der Waals surface area contributed by atoms with Crippen LogP contribution in [-0.2, 0) is 9.78 Å². The molecular weight excluding hydrogens is 280 g/mol. The molecule has 1 aliphatic heterocycles. The molecule has 1 saturated heterocycles. The zero-order chi connectivity index (χ0) is 15.8. The van der Waals surface area contributed by atoms with Gasteiger partial charge in [0.15, 0.2) is 5.72 Å². The number of aliphatic hydroxyl groups excluding tert-OH is 1. The summed E-state index contributed by atoms with van der Waals surface area (Å²) in [5, 5.41) is 19.1. The molecule has 7 atom stereocenters. The van der Waals surface area contributed by atoms with Gasteiger partial charge in [0.2, 0.25) is 0 Å². The summed E-state index contributed by atoms with van der Waals surface area (Å²) < 4.78 is 0. The molecule has 3 aliphatic carbocycles. The lowest BCUT2D eigenvalue weighted by molar-refractivity contribution is -0.372. The van der Waals surface area contributed by atoms with Crippen LogP contribution < -0.4 is 5.73 Å². The van der Waals surface area contributed by atoms with Crippen LogP contribution in [0.5, 0.6) is 0 Å². The smallest absolute Gasteiger partial charge is 0.160 e. The summed E-state index contributed by atoms with van der Waals surface area (Å²) in [6, 6.07) is 0. The first-order valence-corrected chi connectivity index (χ1v) is 8.73. The van der Waals surface area contributed by atoms with Gasteiger partial charge < -0.3 is 16.2 Å². The van der Waals surface area contributed by atoms with Gasteiger partial charge in [-0.15, -0.1) is 0 Å². The fourth-order valence-corrected chi connectivity index (χ4v) is 6.71. The number of nitrogens with two attached hydrogens (primary N) is 1. The van der Waals surface area contributed by atoms with Crippen molar-refractivity contribution in [1.29, 1.82) is 5.41 Å². The molecule has 0 radical (unpaired) electrons. The molecule has 22 heavy (non-hydrogen) atoms. The second-order valence-corrected chi connectivity index (χ2v) is 8.30. The van der Waals surface area contributed by atoms with Gasteiger partial charge in [0, 0.05) is 10.8 Å². The monoisotopic (exact) mass is 308 g/mol. The highest BCUT2D eigenvalue weighted by molar-refractivity contribution is 5.57. The van der Waals surface area contributed by atoms with Crippen molar-refractivity contribution in [2.75, 3.05) is 0 Å². The molecule has 4 aliphatic rings. The average Bonchev–Trinajstić information content (AvgIpc) is 2.81. The van der Waals surface area contributed by atoms with E-state index in [9.17, 15) is 5.11 Å². The molecule has 0 aromatic heterocycles. The molecule has 0 amide bonds. The minimum atomic E-state index is -0.847. The Morgan fingerprint density at radius 3 is 2.77 bits per heavy atom. The molecule has 5 heteroatoms. The number of fused-ring (bicyclic) bond motifs is 1. The normalized spacial score (nSPS) is 59.9. The van der Waals surface area contributed by atoms with Crippen LogP contribution in [-0.4, -0.2) is 28.8 Å². The van der Waals surface area contributed by atoms with E-state index in [4.69, 9.17) is 20.9 Å². The van der Waals surface area contributed by atoms with E-state index < -0.39 is 17.4 Å². The fourth-order valence-electron chi connectivity index (χ4n) is 6.71. The first-order chi connectivity index (χ1) is 10.4. The molecule has 2 bridgehead atoms. The van der Waals surface area contributed by atoms with Crippen LogP contribution in [0.3, 0.4) is 0 Å². The Morgan fingerprint density at radius 1 is 1.32 bits per heavy atom. The van der Waals surface area contributed by atoms with Gasteiger partial charge in [-0.25, -0.2) is 9.78 Å². The van der Waals surface area contributed by atoms with Crippen LogP contribution in [0.2, 0.25) is 0 Å². The third-order valence-electron chi connectivity index (χ3n) is 7.91. The highest BCUT2D eigenvalue weighted by Gasteiger charge is 2.82. The molecule has 3 saturated carbocycles. The van der Waals surface area contributed by atoms with E-state index in [0.717, 1.165) is 44.9 Å².